The van der Waals surface area contributed by atoms with Crippen LogP contribution in [-0.4, -0.2) is 24.8 Å². The standard InChI is InChI=1S/C9H14O3/c1-4-7(2)8(10)12-9(3)5-11-6-9/h4H,5-6H2,1-3H3. The summed E-state index contributed by atoms with van der Waals surface area (Å²) in [6.07, 6.45) is 1.74. The zero-order chi connectivity index (χ0) is 9.19. The molecule has 0 aromatic carbocycles. The summed E-state index contributed by atoms with van der Waals surface area (Å²) in [6, 6.07) is 0. The molecule has 0 amide bonds. The highest BCUT2D eigenvalue weighted by Gasteiger charge is 2.37. The van der Waals surface area contributed by atoms with Gasteiger partial charge < -0.3 is 9.47 Å². The summed E-state index contributed by atoms with van der Waals surface area (Å²) >= 11 is 0. The maximum Gasteiger partial charge on any atom is 0.334 e. The van der Waals surface area contributed by atoms with E-state index in [1.165, 1.54) is 0 Å². The Morgan fingerprint density at radius 3 is 2.50 bits per heavy atom. The van der Waals surface area contributed by atoms with Gasteiger partial charge in [-0.1, -0.05) is 6.08 Å². The smallest absolute Gasteiger partial charge is 0.334 e. The number of esters is 1. The first-order valence-electron chi connectivity index (χ1n) is 4.01. The Balaban J connectivity index is 2.46. The first kappa shape index (κ1) is 9.26. The van der Waals surface area contributed by atoms with Crippen molar-refractivity contribution in [2.75, 3.05) is 13.2 Å². The second-order valence-corrected chi connectivity index (χ2v) is 3.30. The summed E-state index contributed by atoms with van der Waals surface area (Å²) in [5.74, 6) is -0.247. The van der Waals surface area contributed by atoms with Crippen LogP contribution in [0.2, 0.25) is 0 Å². The number of hydrogen-bond donors (Lipinski definition) is 0. The van der Waals surface area contributed by atoms with Gasteiger partial charge in [0.25, 0.3) is 0 Å². The van der Waals surface area contributed by atoms with E-state index < -0.39 is 0 Å². The van der Waals surface area contributed by atoms with Crippen molar-refractivity contribution in [2.24, 2.45) is 0 Å². The van der Waals surface area contributed by atoms with Crippen LogP contribution in [0.15, 0.2) is 11.6 Å². The Hall–Kier alpha value is -0.830. The summed E-state index contributed by atoms with van der Waals surface area (Å²) < 4.78 is 10.1. The number of carbonyl (C=O) groups is 1. The van der Waals surface area contributed by atoms with Crippen LogP contribution in [0.1, 0.15) is 20.8 Å². The predicted molar refractivity (Wildman–Crippen MR) is 44.7 cm³/mol. The molecule has 12 heavy (non-hydrogen) atoms. The molecule has 0 N–H and O–H groups in total. The number of rotatable bonds is 2. The van der Waals surface area contributed by atoms with Gasteiger partial charge in [-0.2, -0.15) is 0 Å². The zero-order valence-electron chi connectivity index (χ0n) is 7.72. The third-order valence-electron chi connectivity index (χ3n) is 1.91. The topological polar surface area (TPSA) is 35.5 Å². The Kier molecular flexibility index (Phi) is 2.52. The molecule has 3 heteroatoms. The van der Waals surface area contributed by atoms with Crippen LogP contribution in [0.25, 0.3) is 0 Å². The molecular formula is C9H14O3. The maximum absolute atomic E-state index is 11.2. The average molecular weight is 170 g/mol. The van der Waals surface area contributed by atoms with E-state index in [9.17, 15) is 4.79 Å². The molecule has 1 saturated heterocycles. The highest BCUT2D eigenvalue weighted by atomic mass is 16.6. The largest absolute Gasteiger partial charge is 0.451 e. The van der Waals surface area contributed by atoms with E-state index in [1.807, 2.05) is 13.8 Å². The van der Waals surface area contributed by atoms with Crippen LogP contribution >= 0.6 is 0 Å². The van der Waals surface area contributed by atoms with Crippen molar-refractivity contribution >= 4 is 5.97 Å². The Morgan fingerprint density at radius 2 is 2.17 bits per heavy atom. The first-order valence-corrected chi connectivity index (χ1v) is 4.01. The van der Waals surface area contributed by atoms with Gasteiger partial charge in [0.15, 0.2) is 5.60 Å². The summed E-state index contributed by atoms with van der Waals surface area (Å²) in [4.78, 5) is 11.2. The molecule has 0 radical (unpaired) electrons. The zero-order valence-corrected chi connectivity index (χ0v) is 7.72. The van der Waals surface area contributed by atoms with Gasteiger partial charge in [-0.05, 0) is 20.8 Å². The van der Waals surface area contributed by atoms with E-state index in [0.717, 1.165) is 0 Å². The molecule has 0 aliphatic carbocycles. The molecule has 0 bridgehead atoms. The van der Waals surface area contributed by atoms with E-state index in [2.05, 4.69) is 0 Å². The Bertz CT molecular complexity index is 214. The van der Waals surface area contributed by atoms with Crippen LogP contribution < -0.4 is 0 Å². The number of ether oxygens (including phenoxy) is 2. The molecule has 1 fully saturated rings. The predicted octanol–water partition coefficient (Wildman–Crippen LogP) is 1.28. The SMILES string of the molecule is CC=C(C)C(=O)OC1(C)COC1. The second-order valence-electron chi connectivity index (χ2n) is 3.30. The lowest BCUT2D eigenvalue weighted by Crippen LogP contribution is -2.50. The van der Waals surface area contributed by atoms with Crippen molar-refractivity contribution in [2.45, 2.75) is 26.4 Å². The molecular weight excluding hydrogens is 156 g/mol. The Labute approximate surface area is 72.4 Å². The maximum atomic E-state index is 11.2. The second kappa shape index (κ2) is 3.27. The van der Waals surface area contributed by atoms with E-state index >= 15 is 0 Å². The molecule has 0 aromatic rings. The van der Waals surface area contributed by atoms with Crippen molar-refractivity contribution in [3.8, 4) is 0 Å². The lowest BCUT2D eigenvalue weighted by Gasteiger charge is -2.37. The van der Waals surface area contributed by atoms with E-state index in [0.29, 0.717) is 18.8 Å². The summed E-state index contributed by atoms with van der Waals surface area (Å²) in [5, 5.41) is 0. The van der Waals surface area contributed by atoms with Crippen LogP contribution in [-0.2, 0) is 14.3 Å². The molecule has 1 aliphatic heterocycles. The minimum absolute atomic E-state index is 0.247. The van der Waals surface area contributed by atoms with Gasteiger partial charge >= 0.3 is 5.97 Å². The van der Waals surface area contributed by atoms with Gasteiger partial charge in [-0.3, -0.25) is 0 Å². The summed E-state index contributed by atoms with van der Waals surface area (Å²) in [5.41, 5.74) is 0.254. The van der Waals surface area contributed by atoms with Crippen LogP contribution in [0, 0.1) is 0 Å². The minimum atomic E-state index is -0.388. The number of carbonyl (C=O) groups excluding carboxylic acids is 1. The molecule has 0 aromatic heterocycles. The fourth-order valence-corrected chi connectivity index (χ4v) is 0.871. The molecule has 0 atom stereocenters. The molecule has 0 unspecified atom stereocenters. The van der Waals surface area contributed by atoms with Crippen molar-refractivity contribution in [3.05, 3.63) is 11.6 Å². The molecule has 1 aliphatic rings. The molecule has 68 valence electrons. The van der Waals surface area contributed by atoms with Crippen molar-refractivity contribution in [1.82, 2.24) is 0 Å². The number of allylic oxidation sites excluding steroid dienone is 1. The highest BCUT2D eigenvalue weighted by Crippen LogP contribution is 2.21. The van der Waals surface area contributed by atoms with Crippen LogP contribution in [0.3, 0.4) is 0 Å². The minimum Gasteiger partial charge on any atom is -0.451 e. The van der Waals surface area contributed by atoms with Crippen molar-refractivity contribution in [3.63, 3.8) is 0 Å². The lowest BCUT2D eigenvalue weighted by molar-refractivity contribution is -0.202. The normalized spacial score (nSPS) is 21.4. The van der Waals surface area contributed by atoms with Gasteiger partial charge in [0.05, 0.1) is 13.2 Å². The van der Waals surface area contributed by atoms with Gasteiger partial charge in [-0.15, -0.1) is 0 Å². The van der Waals surface area contributed by atoms with Crippen LogP contribution in [0.5, 0.6) is 0 Å². The highest BCUT2D eigenvalue weighted by molar-refractivity contribution is 5.88. The molecule has 3 nitrogen and oxygen atoms in total. The van der Waals surface area contributed by atoms with Gasteiger partial charge in [0.2, 0.25) is 0 Å². The summed E-state index contributed by atoms with van der Waals surface area (Å²) in [6.45, 7) is 6.45. The molecule has 0 spiro atoms. The van der Waals surface area contributed by atoms with E-state index in [-0.39, 0.29) is 11.6 Å². The van der Waals surface area contributed by atoms with Gasteiger partial charge in [0.1, 0.15) is 0 Å². The fraction of sp³-hybridized carbons (Fsp3) is 0.667. The van der Waals surface area contributed by atoms with E-state index in [4.69, 9.17) is 9.47 Å². The van der Waals surface area contributed by atoms with Crippen molar-refractivity contribution < 1.29 is 14.3 Å². The van der Waals surface area contributed by atoms with E-state index in [1.54, 1.807) is 13.0 Å². The van der Waals surface area contributed by atoms with Gasteiger partial charge in [-0.25, -0.2) is 4.79 Å². The average Bonchev–Trinajstić information content (AvgIpc) is 2.00. The van der Waals surface area contributed by atoms with Gasteiger partial charge in [0, 0.05) is 5.57 Å². The lowest BCUT2D eigenvalue weighted by atomic mass is 10.1. The number of hydrogen-bond acceptors (Lipinski definition) is 3. The monoisotopic (exact) mass is 170 g/mol. The molecule has 1 rings (SSSR count). The first-order chi connectivity index (χ1) is 5.57. The molecule has 1 heterocycles. The van der Waals surface area contributed by atoms with Crippen molar-refractivity contribution in [1.29, 1.82) is 0 Å². The molecule has 0 saturated carbocycles. The third-order valence-corrected chi connectivity index (χ3v) is 1.91. The van der Waals surface area contributed by atoms with Crippen LogP contribution in [0.4, 0.5) is 0 Å². The summed E-state index contributed by atoms with van der Waals surface area (Å²) in [7, 11) is 0. The Morgan fingerprint density at radius 1 is 1.58 bits per heavy atom. The quantitative estimate of drug-likeness (QED) is 0.462. The third kappa shape index (κ3) is 1.85. The fourth-order valence-electron chi connectivity index (χ4n) is 0.871.